The summed E-state index contributed by atoms with van der Waals surface area (Å²) in [6.07, 6.45) is 0. The molecule has 0 radical (unpaired) electrons. The first kappa shape index (κ1) is 17.5. The summed E-state index contributed by atoms with van der Waals surface area (Å²) in [5.41, 5.74) is 2.59. The van der Waals surface area contributed by atoms with E-state index < -0.39 is 0 Å². The topological polar surface area (TPSA) is 77.2 Å². The number of benzene rings is 1. The Morgan fingerprint density at radius 2 is 2.15 bits per heavy atom. The zero-order chi connectivity index (χ0) is 19.0. The highest BCUT2D eigenvalue weighted by molar-refractivity contribution is 7.13. The van der Waals surface area contributed by atoms with Crippen LogP contribution in [0.5, 0.6) is 5.75 Å². The van der Waals surface area contributed by atoms with Crippen molar-refractivity contribution in [3.05, 3.63) is 58.1 Å². The molecular formula is C19H14ClN3O3S. The Labute approximate surface area is 163 Å². The molecule has 0 spiro atoms. The molecule has 0 saturated heterocycles. The van der Waals surface area contributed by atoms with Crippen molar-refractivity contribution in [2.24, 2.45) is 0 Å². The number of rotatable bonds is 4. The minimum atomic E-state index is -0.298. The molecule has 0 fully saturated rings. The van der Waals surface area contributed by atoms with Crippen molar-refractivity contribution in [2.45, 2.75) is 6.92 Å². The van der Waals surface area contributed by atoms with Crippen molar-refractivity contribution in [3.8, 4) is 16.3 Å². The largest absolute Gasteiger partial charge is 0.495 e. The van der Waals surface area contributed by atoms with Crippen LogP contribution in [-0.2, 0) is 0 Å². The molecule has 1 aromatic carbocycles. The minimum absolute atomic E-state index is 0.298. The molecule has 0 unspecified atom stereocenters. The highest BCUT2D eigenvalue weighted by Gasteiger charge is 2.20. The number of fused-ring (bicyclic) bond motifs is 1. The van der Waals surface area contributed by atoms with E-state index >= 15 is 0 Å². The molecule has 3 heterocycles. The smallest absolute Gasteiger partial charge is 0.259 e. The number of ether oxygens (including phenoxy) is 1. The Kier molecular flexibility index (Phi) is 4.55. The number of amides is 1. The van der Waals surface area contributed by atoms with Crippen molar-refractivity contribution >= 4 is 45.6 Å². The number of hydrogen-bond acceptors (Lipinski definition) is 6. The van der Waals surface area contributed by atoms with Gasteiger partial charge in [0.25, 0.3) is 11.6 Å². The van der Waals surface area contributed by atoms with E-state index in [0.717, 1.165) is 4.88 Å². The molecule has 8 heteroatoms. The minimum Gasteiger partial charge on any atom is -0.495 e. The number of aryl methyl sites for hydroxylation is 1. The summed E-state index contributed by atoms with van der Waals surface area (Å²) >= 11 is 7.68. The number of carbonyl (C=O) groups excluding carboxylic acids is 1. The van der Waals surface area contributed by atoms with Crippen LogP contribution in [0.3, 0.4) is 0 Å². The van der Waals surface area contributed by atoms with Crippen molar-refractivity contribution < 1.29 is 14.1 Å². The van der Waals surface area contributed by atoms with Crippen LogP contribution >= 0.6 is 22.9 Å². The maximum atomic E-state index is 13.0. The van der Waals surface area contributed by atoms with Crippen LogP contribution in [0.2, 0.25) is 5.02 Å². The van der Waals surface area contributed by atoms with E-state index in [9.17, 15) is 4.79 Å². The van der Waals surface area contributed by atoms with Crippen LogP contribution in [0.1, 0.15) is 16.1 Å². The number of anilines is 1. The Morgan fingerprint density at radius 1 is 1.30 bits per heavy atom. The van der Waals surface area contributed by atoms with Crippen LogP contribution < -0.4 is 10.1 Å². The van der Waals surface area contributed by atoms with Gasteiger partial charge in [-0.2, -0.15) is 0 Å². The second kappa shape index (κ2) is 7.02. The van der Waals surface area contributed by atoms with Gasteiger partial charge in [-0.3, -0.25) is 4.79 Å². The van der Waals surface area contributed by atoms with Gasteiger partial charge >= 0.3 is 0 Å². The highest BCUT2D eigenvalue weighted by atomic mass is 35.5. The Morgan fingerprint density at radius 3 is 2.85 bits per heavy atom. The van der Waals surface area contributed by atoms with Crippen LogP contribution in [0.4, 0.5) is 5.69 Å². The number of nitrogens with zero attached hydrogens (tertiary/aromatic N) is 2. The fraction of sp³-hybridized carbons (Fsp3) is 0.105. The quantitative estimate of drug-likeness (QED) is 0.512. The number of methoxy groups -OCH3 is 1. The van der Waals surface area contributed by atoms with Crippen LogP contribution in [0.15, 0.2) is 46.3 Å². The van der Waals surface area contributed by atoms with E-state index in [2.05, 4.69) is 15.5 Å². The third kappa shape index (κ3) is 3.27. The van der Waals surface area contributed by atoms with Crippen molar-refractivity contribution in [1.82, 2.24) is 10.1 Å². The van der Waals surface area contributed by atoms with Gasteiger partial charge in [-0.25, -0.2) is 4.98 Å². The summed E-state index contributed by atoms with van der Waals surface area (Å²) in [4.78, 5) is 18.4. The molecule has 27 heavy (non-hydrogen) atoms. The summed E-state index contributed by atoms with van der Waals surface area (Å²) in [5.74, 6) is 0.239. The third-order valence-corrected chi connectivity index (χ3v) is 5.23. The molecule has 0 aliphatic carbocycles. The first-order valence-corrected chi connectivity index (χ1v) is 9.28. The first-order valence-electron chi connectivity index (χ1n) is 8.02. The Hall–Kier alpha value is -2.90. The normalized spacial score (nSPS) is 10.9. The van der Waals surface area contributed by atoms with Crippen LogP contribution in [0.25, 0.3) is 21.7 Å². The van der Waals surface area contributed by atoms with Gasteiger partial charge in [-0.15, -0.1) is 11.3 Å². The molecule has 0 atom stereocenters. The number of hydrogen-bond donors (Lipinski definition) is 1. The fourth-order valence-electron chi connectivity index (χ4n) is 2.77. The summed E-state index contributed by atoms with van der Waals surface area (Å²) < 4.78 is 10.4. The van der Waals surface area contributed by atoms with Gasteiger partial charge in [0.2, 0.25) is 0 Å². The third-order valence-electron chi connectivity index (χ3n) is 4.05. The lowest BCUT2D eigenvalue weighted by molar-refractivity contribution is 0.102. The average Bonchev–Trinajstić information content (AvgIpc) is 3.31. The first-order chi connectivity index (χ1) is 13.1. The number of nitrogens with one attached hydrogen (secondary N) is 1. The summed E-state index contributed by atoms with van der Waals surface area (Å²) in [6, 6.07) is 10.7. The Bertz CT molecular complexity index is 1140. The lowest BCUT2D eigenvalue weighted by atomic mass is 10.1. The number of carbonyl (C=O) groups is 1. The molecule has 4 aromatic rings. The molecule has 1 amide bonds. The molecule has 3 aromatic heterocycles. The van der Waals surface area contributed by atoms with E-state index in [1.807, 2.05) is 17.5 Å². The van der Waals surface area contributed by atoms with E-state index in [-0.39, 0.29) is 5.91 Å². The molecule has 6 nitrogen and oxygen atoms in total. The molecular weight excluding hydrogens is 386 g/mol. The van der Waals surface area contributed by atoms with E-state index in [1.165, 1.54) is 18.4 Å². The molecule has 0 saturated carbocycles. The molecule has 4 rings (SSSR count). The van der Waals surface area contributed by atoms with E-state index in [0.29, 0.717) is 44.5 Å². The monoisotopic (exact) mass is 399 g/mol. The van der Waals surface area contributed by atoms with Gasteiger partial charge in [0, 0.05) is 5.69 Å². The average molecular weight is 400 g/mol. The van der Waals surface area contributed by atoms with Gasteiger partial charge in [0.1, 0.15) is 5.75 Å². The van der Waals surface area contributed by atoms with E-state index in [4.69, 9.17) is 20.9 Å². The number of thiophene rings is 1. The lowest BCUT2D eigenvalue weighted by Crippen LogP contribution is -2.13. The lowest BCUT2D eigenvalue weighted by Gasteiger charge is -2.09. The maximum Gasteiger partial charge on any atom is 0.259 e. The zero-order valence-corrected chi connectivity index (χ0v) is 16.0. The predicted molar refractivity (Wildman–Crippen MR) is 106 cm³/mol. The summed E-state index contributed by atoms with van der Waals surface area (Å²) in [5, 5.41) is 9.77. The standard InChI is InChI=1S/C19H14ClN3O3S/c1-10-17-12(18(24)21-11-5-6-15(25-2)13(20)8-11)9-14(16-4-3-7-27-16)22-19(17)26-23-10/h3-9H,1-2H3,(H,21,24). The van der Waals surface area contributed by atoms with Gasteiger partial charge < -0.3 is 14.6 Å². The highest BCUT2D eigenvalue weighted by Crippen LogP contribution is 2.31. The van der Waals surface area contributed by atoms with Crippen molar-refractivity contribution in [1.29, 1.82) is 0 Å². The molecule has 0 aliphatic rings. The van der Waals surface area contributed by atoms with E-state index in [1.54, 1.807) is 31.2 Å². The SMILES string of the molecule is COc1ccc(NC(=O)c2cc(-c3cccs3)nc3onc(C)c23)cc1Cl. The van der Waals surface area contributed by atoms with Gasteiger partial charge in [-0.05, 0) is 42.6 Å². The molecule has 0 aliphatic heterocycles. The zero-order valence-electron chi connectivity index (χ0n) is 14.4. The van der Waals surface area contributed by atoms with Gasteiger partial charge in [0.15, 0.2) is 0 Å². The number of halogens is 1. The molecule has 136 valence electrons. The molecule has 0 bridgehead atoms. The maximum absolute atomic E-state index is 13.0. The van der Waals surface area contributed by atoms with Crippen LogP contribution in [0, 0.1) is 6.92 Å². The second-order valence-electron chi connectivity index (χ2n) is 5.78. The second-order valence-corrected chi connectivity index (χ2v) is 7.14. The van der Waals surface area contributed by atoms with Gasteiger partial charge in [-0.1, -0.05) is 22.8 Å². The van der Waals surface area contributed by atoms with Crippen molar-refractivity contribution in [2.75, 3.05) is 12.4 Å². The fourth-order valence-corrected chi connectivity index (χ4v) is 3.71. The number of aromatic nitrogens is 2. The van der Waals surface area contributed by atoms with Gasteiger partial charge in [0.05, 0.1) is 39.3 Å². The van der Waals surface area contributed by atoms with Crippen molar-refractivity contribution in [3.63, 3.8) is 0 Å². The number of pyridine rings is 1. The predicted octanol–water partition coefficient (Wildman–Crippen LogP) is 5.17. The molecule has 1 N–H and O–H groups in total. The van der Waals surface area contributed by atoms with Crippen LogP contribution in [-0.4, -0.2) is 23.2 Å². The Balaban J connectivity index is 1.76. The summed E-state index contributed by atoms with van der Waals surface area (Å²) in [7, 11) is 1.54. The summed E-state index contributed by atoms with van der Waals surface area (Å²) in [6.45, 7) is 1.78.